The number of ether oxygens (including phenoxy) is 3. The number of rotatable bonds is 13. The van der Waals surface area contributed by atoms with Crippen LogP contribution in [0.5, 0.6) is 0 Å². The van der Waals surface area contributed by atoms with Crippen molar-refractivity contribution in [3.8, 4) is 11.3 Å². The zero-order chi connectivity index (χ0) is 38.6. The van der Waals surface area contributed by atoms with Crippen LogP contribution in [0.3, 0.4) is 0 Å². The summed E-state index contributed by atoms with van der Waals surface area (Å²) in [6, 6.07) is 13.2. The zero-order valence-corrected chi connectivity index (χ0v) is 32.2. The SMILES string of the molecule is COC(=O)N[C@H](C(=O)N1CCC[C@H]1c1nc2ccc(CC=Cc3ccc(-c4cnc(C5CCCN5C(=O)[C@@H](NC5OCO5)C(C)C)[nH]4)cc3)cc2[nH]1)C(C)C. The van der Waals surface area contributed by atoms with Crippen molar-refractivity contribution in [3.63, 3.8) is 0 Å². The van der Waals surface area contributed by atoms with Gasteiger partial charge in [-0.15, -0.1) is 0 Å². The first-order chi connectivity index (χ1) is 26.6. The number of carbonyl (C=O) groups excluding carboxylic acids is 3. The van der Waals surface area contributed by atoms with E-state index < -0.39 is 24.6 Å². The molecule has 1 unspecified atom stereocenters. The summed E-state index contributed by atoms with van der Waals surface area (Å²) in [5.74, 6) is 1.45. The van der Waals surface area contributed by atoms with Gasteiger partial charge in [0, 0.05) is 13.1 Å². The number of aromatic nitrogens is 4. The van der Waals surface area contributed by atoms with Crippen LogP contribution in [0.1, 0.15) is 88.2 Å². The number of imidazole rings is 2. The van der Waals surface area contributed by atoms with Gasteiger partial charge in [-0.1, -0.05) is 70.2 Å². The van der Waals surface area contributed by atoms with Crippen molar-refractivity contribution in [2.75, 3.05) is 27.0 Å². The number of likely N-dealkylation sites (tertiary alicyclic amines) is 2. The van der Waals surface area contributed by atoms with Crippen LogP contribution >= 0.6 is 0 Å². The molecule has 4 aromatic rings. The maximum atomic E-state index is 13.6. The molecule has 0 aliphatic carbocycles. The number of H-pyrrole nitrogens is 2. The smallest absolute Gasteiger partial charge is 0.407 e. The molecule has 4 atom stereocenters. The number of hydrogen-bond acceptors (Lipinski definition) is 9. The number of methoxy groups -OCH3 is 1. The minimum Gasteiger partial charge on any atom is -0.453 e. The van der Waals surface area contributed by atoms with E-state index in [9.17, 15) is 14.4 Å². The minimum absolute atomic E-state index is 0.0382. The average molecular weight is 753 g/mol. The molecule has 3 aliphatic rings. The van der Waals surface area contributed by atoms with Gasteiger partial charge in [-0.2, -0.15) is 0 Å². The number of nitrogens with one attached hydrogen (secondary N) is 4. The second kappa shape index (κ2) is 16.8. The Kier molecular flexibility index (Phi) is 11.6. The lowest BCUT2D eigenvalue weighted by atomic mass is 10.0. The molecule has 0 radical (unpaired) electrons. The average Bonchev–Trinajstić information content (AvgIpc) is 3.99. The molecule has 0 bridgehead atoms. The number of benzene rings is 2. The highest BCUT2D eigenvalue weighted by molar-refractivity contribution is 5.87. The third-order valence-electron chi connectivity index (χ3n) is 10.8. The summed E-state index contributed by atoms with van der Waals surface area (Å²) in [4.78, 5) is 59.4. The Bertz CT molecular complexity index is 2000. The Hall–Kier alpha value is -5.05. The zero-order valence-electron chi connectivity index (χ0n) is 32.2. The number of hydrogen-bond donors (Lipinski definition) is 4. The van der Waals surface area contributed by atoms with E-state index in [0.29, 0.717) is 13.1 Å². The first-order valence-corrected chi connectivity index (χ1v) is 19.3. The predicted octanol–water partition coefficient (Wildman–Crippen LogP) is 5.82. The van der Waals surface area contributed by atoms with Crippen LogP contribution < -0.4 is 10.6 Å². The number of carbonyl (C=O) groups is 3. The van der Waals surface area contributed by atoms with Crippen LogP contribution in [-0.4, -0.2) is 93.1 Å². The maximum absolute atomic E-state index is 13.6. The molecule has 3 amide bonds. The fourth-order valence-corrected chi connectivity index (χ4v) is 7.73. The van der Waals surface area contributed by atoms with Crippen LogP contribution in [0.4, 0.5) is 4.79 Å². The fraction of sp³-hybridized carbons (Fsp3) is 0.488. The molecular weight excluding hydrogens is 701 g/mol. The van der Waals surface area contributed by atoms with Crippen molar-refractivity contribution in [2.24, 2.45) is 11.8 Å². The Labute approximate surface area is 321 Å². The fourth-order valence-electron chi connectivity index (χ4n) is 7.73. The molecule has 3 aliphatic heterocycles. The summed E-state index contributed by atoms with van der Waals surface area (Å²) >= 11 is 0. The Balaban J connectivity index is 0.963. The highest BCUT2D eigenvalue weighted by Gasteiger charge is 2.39. The third kappa shape index (κ3) is 8.46. The van der Waals surface area contributed by atoms with Gasteiger partial charge in [0.15, 0.2) is 6.79 Å². The van der Waals surface area contributed by atoms with Gasteiger partial charge in [0.05, 0.1) is 48.2 Å². The van der Waals surface area contributed by atoms with E-state index >= 15 is 0 Å². The predicted molar refractivity (Wildman–Crippen MR) is 207 cm³/mol. The van der Waals surface area contributed by atoms with Crippen molar-refractivity contribution >= 4 is 35.0 Å². The van der Waals surface area contributed by atoms with Gasteiger partial charge in [0.2, 0.25) is 18.2 Å². The lowest BCUT2D eigenvalue weighted by Crippen LogP contribution is -2.56. The molecule has 4 N–H and O–H groups in total. The monoisotopic (exact) mass is 752 g/mol. The molecule has 5 heterocycles. The van der Waals surface area contributed by atoms with E-state index in [-0.39, 0.29) is 42.5 Å². The number of amides is 3. The van der Waals surface area contributed by atoms with E-state index in [1.807, 2.05) is 49.8 Å². The minimum atomic E-state index is -0.674. The molecule has 2 aromatic heterocycles. The lowest BCUT2D eigenvalue weighted by Gasteiger charge is -2.35. The number of fused-ring (bicyclic) bond motifs is 1. The standard InChI is InChI=1S/C41H52N8O6/c1-24(2)34(46-40(52)53-5)38(50)49-20-8-12-33(49)37-43-29-18-15-27(21-30(29)44-37)10-6-9-26-13-16-28(17-14-26)31-22-42-36(45-31)32-11-7-19-48(32)39(51)35(25(3)4)47-41-54-23-55-41/h6,9,13-18,21-22,24-25,32-35,41,47H,7-8,10-12,19-20,23H2,1-5H3,(H,42,45)(H,43,44)(H,46,52)/t32?,33-,34-,35-/m0/s1. The van der Waals surface area contributed by atoms with Crippen molar-refractivity contribution in [3.05, 3.63) is 77.5 Å². The van der Waals surface area contributed by atoms with Crippen LogP contribution in [0.2, 0.25) is 0 Å². The quantitative estimate of drug-likeness (QED) is 0.132. The summed E-state index contributed by atoms with van der Waals surface area (Å²) in [7, 11) is 1.30. The highest BCUT2D eigenvalue weighted by atomic mass is 16.9. The largest absolute Gasteiger partial charge is 0.453 e. The Morgan fingerprint density at radius 3 is 2.22 bits per heavy atom. The first kappa shape index (κ1) is 38.2. The summed E-state index contributed by atoms with van der Waals surface area (Å²) in [5, 5.41) is 5.90. The lowest BCUT2D eigenvalue weighted by molar-refractivity contribution is -0.335. The van der Waals surface area contributed by atoms with Gasteiger partial charge >= 0.3 is 6.09 Å². The van der Waals surface area contributed by atoms with E-state index in [1.165, 1.54) is 7.11 Å². The van der Waals surface area contributed by atoms with Gasteiger partial charge in [-0.25, -0.2) is 14.8 Å². The molecule has 7 rings (SSSR count). The van der Waals surface area contributed by atoms with E-state index in [1.54, 1.807) is 0 Å². The van der Waals surface area contributed by atoms with E-state index in [0.717, 1.165) is 77.2 Å². The van der Waals surface area contributed by atoms with Crippen LogP contribution in [0.25, 0.3) is 28.4 Å². The molecular formula is C41H52N8O6. The van der Waals surface area contributed by atoms with Gasteiger partial charge in [0.1, 0.15) is 17.7 Å². The van der Waals surface area contributed by atoms with Crippen molar-refractivity contribution in [2.45, 2.75) is 90.4 Å². The van der Waals surface area contributed by atoms with Gasteiger partial charge in [-0.05, 0) is 72.8 Å². The van der Waals surface area contributed by atoms with E-state index in [2.05, 4.69) is 69.2 Å². The number of allylic oxidation sites excluding steroid dienone is 1. The van der Waals surface area contributed by atoms with Gasteiger partial charge < -0.3 is 39.3 Å². The molecule has 3 saturated heterocycles. The maximum Gasteiger partial charge on any atom is 0.407 e. The molecule has 2 aromatic carbocycles. The third-order valence-corrected chi connectivity index (χ3v) is 10.8. The molecule has 0 spiro atoms. The number of alkyl carbamates (subject to hydrolysis) is 1. The van der Waals surface area contributed by atoms with Gasteiger partial charge in [0.25, 0.3) is 0 Å². The highest BCUT2D eigenvalue weighted by Crippen LogP contribution is 2.34. The number of nitrogens with zero attached hydrogens (tertiary/aromatic N) is 4. The summed E-state index contributed by atoms with van der Waals surface area (Å²) in [5.41, 5.74) is 5.94. The van der Waals surface area contributed by atoms with Crippen LogP contribution in [0, 0.1) is 11.8 Å². The summed E-state index contributed by atoms with van der Waals surface area (Å²) in [6.07, 6.45) is 9.13. The second-order valence-electron chi connectivity index (χ2n) is 15.3. The number of aromatic amines is 2. The normalized spacial score (nSPS) is 20.1. The van der Waals surface area contributed by atoms with Crippen molar-refractivity contribution in [1.82, 2.24) is 40.4 Å². The topological polar surface area (TPSA) is 167 Å². The summed E-state index contributed by atoms with van der Waals surface area (Å²) < 4.78 is 15.5. The first-order valence-electron chi connectivity index (χ1n) is 19.3. The molecule has 292 valence electrons. The molecule has 0 saturated carbocycles. The Morgan fingerprint density at radius 2 is 1.58 bits per heavy atom. The van der Waals surface area contributed by atoms with E-state index in [4.69, 9.17) is 24.2 Å². The van der Waals surface area contributed by atoms with Crippen molar-refractivity contribution < 1.29 is 28.6 Å². The molecule has 55 heavy (non-hydrogen) atoms. The molecule has 3 fully saturated rings. The summed E-state index contributed by atoms with van der Waals surface area (Å²) in [6.45, 7) is 9.41. The Morgan fingerprint density at radius 1 is 0.909 bits per heavy atom. The van der Waals surface area contributed by atoms with Crippen LogP contribution in [0.15, 0.2) is 54.7 Å². The van der Waals surface area contributed by atoms with Gasteiger partial charge in [-0.3, -0.25) is 14.9 Å². The van der Waals surface area contributed by atoms with Crippen molar-refractivity contribution in [1.29, 1.82) is 0 Å². The molecule has 14 heteroatoms. The second-order valence-corrected chi connectivity index (χ2v) is 15.3. The van der Waals surface area contributed by atoms with Crippen LogP contribution in [-0.2, 0) is 30.2 Å². The molecule has 14 nitrogen and oxygen atoms in total.